The number of thioether (sulfide) groups is 1. The quantitative estimate of drug-likeness (QED) is 0.321. The van der Waals surface area contributed by atoms with Crippen LogP contribution in [0.4, 0.5) is 11.4 Å². The van der Waals surface area contributed by atoms with Crippen LogP contribution in [0.15, 0.2) is 57.9 Å². The number of benzene rings is 2. The third-order valence-electron chi connectivity index (χ3n) is 5.14. The minimum Gasteiger partial charge on any atom is -0.385 e. The van der Waals surface area contributed by atoms with Crippen LogP contribution >= 0.6 is 39.9 Å². The average molecular weight is 546 g/mol. The van der Waals surface area contributed by atoms with Gasteiger partial charge in [-0.3, -0.25) is 24.2 Å². The Bertz CT molecular complexity index is 1180. The second-order valence-electron chi connectivity index (χ2n) is 7.34. The van der Waals surface area contributed by atoms with Crippen LogP contribution in [0.25, 0.3) is 5.57 Å². The summed E-state index contributed by atoms with van der Waals surface area (Å²) in [6.07, 6.45) is 0.637. The number of hydrogen-bond acceptors (Lipinski definition) is 6. The van der Waals surface area contributed by atoms with E-state index in [4.69, 9.17) is 17.0 Å². The molecule has 0 bridgehead atoms. The van der Waals surface area contributed by atoms with E-state index in [0.717, 1.165) is 16.2 Å². The highest BCUT2D eigenvalue weighted by Gasteiger charge is 2.42. The fourth-order valence-corrected chi connectivity index (χ4v) is 5.46. The lowest BCUT2D eigenvalue weighted by molar-refractivity contribution is -0.122. The molecule has 0 radical (unpaired) electrons. The van der Waals surface area contributed by atoms with Gasteiger partial charge in [-0.2, -0.15) is 0 Å². The van der Waals surface area contributed by atoms with Crippen molar-refractivity contribution in [1.29, 1.82) is 0 Å². The van der Waals surface area contributed by atoms with Crippen molar-refractivity contribution in [2.45, 2.75) is 6.42 Å². The molecule has 0 unspecified atom stereocenters. The number of ether oxygens (including phenoxy) is 1. The van der Waals surface area contributed by atoms with Gasteiger partial charge in [-0.25, -0.2) is 0 Å². The summed E-state index contributed by atoms with van der Waals surface area (Å²) < 4.78 is 6.30. The molecule has 0 spiro atoms. The maximum atomic E-state index is 13.4. The first-order chi connectivity index (χ1) is 15.9. The predicted molar refractivity (Wildman–Crippen MR) is 137 cm³/mol. The average Bonchev–Trinajstić information content (AvgIpc) is 3.21. The molecular formula is C23H20BrN3O4S2. The number of amides is 3. The summed E-state index contributed by atoms with van der Waals surface area (Å²) >= 11 is 9.90. The molecule has 170 valence electrons. The van der Waals surface area contributed by atoms with Crippen LogP contribution in [0, 0.1) is 0 Å². The van der Waals surface area contributed by atoms with Gasteiger partial charge in [0.15, 0.2) is 0 Å². The topological polar surface area (TPSA) is 79.0 Å². The Morgan fingerprint density at radius 2 is 1.91 bits per heavy atom. The van der Waals surface area contributed by atoms with Crippen LogP contribution in [0.3, 0.4) is 0 Å². The molecule has 2 aromatic carbocycles. The Morgan fingerprint density at radius 3 is 2.67 bits per heavy atom. The fraction of sp³-hybridized carbons (Fsp3) is 0.217. The molecule has 0 atom stereocenters. The zero-order valence-electron chi connectivity index (χ0n) is 17.7. The minimum atomic E-state index is -0.391. The molecule has 2 aromatic rings. The number of nitrogens with one attached hydrogen (secondary N) is 1. The molecule has 1 N–H and O–H groups in total. The van der Waals surface area contributed by atoms with Crippen molar-refractivity contribution >= 4 is 78.9 Å². The Balaban J connectivity index is 1.60. The molecule has 1 saturated heterocycles. The number of methoxy groups -OCH3 is 1. The van der Waals surface area contributed by atoms with Crippen LogP contribution in [0.1, 0.15) is 12.0 Å². The van der Waals surface area contributed by atoms with Crippen LogP contribution in [0.5, 0.6) is 0 Å². The van der Waals surface area contributed by atoms with E-state index in [1.165, 1.54) is 9.80 Å². The normalized spacial score (nSPS) is 17.7. The van der Waals surface area contributed by atoms with Crippen molar-refractivity contribution < 1.29 is 19.1 Å². The van der Waals surface area contributed by atoms with E-state index in [1.54, 1.807) is 43.5 Å². The van der Waals surface area contributed by atoms with Gasteiger partial charge in [0.2, 0.25) is 5.91 Å². The first-order valence-corrected chi connectivity index (χ1v) is 12.2. The van der Waals surface area contributed by atoms with E-state index in [-0.39, 0.29) is 23.9 Å². The third kappa shape index (κ3) is 4.89. The maximum Gasteiger partial charge on any atom is 0.267 e. The van der Waals surface area contributed by atoms with Crippen molar-refractivity contribution in [2.24, 2.45) is 0 Å². The van der Waals surface area contributed by atoms with E-state index in [2.05, 4.69) is 21.2 Å². The number of fused-ring (bicyclic) bond motifs is 1. The Kier molecular flexibility index (Phi) is 7.28. The molecule has 0 saturated carbocycles. The van der Waals surface area contributed by atoms with Crippen LogP contribution < -0.4 is 10.2 Å². The fourth-order valence-electron chi connectivity index (χ4n) is 3.68. The van der Waals surface area contributed by atoms with E-state index in [9.17, 15) is 14.4 Å². The largest absolute Gasteiger partial charge is 0.385 e. The van der Waals surface area contributed by atoms with Crippen molar-refractivity contribution in [1.82, 2.24) is 4.90 Å². The van der Waals surface area contributed by atoms with Crippen LogP contribution in [-0.4, -0.2) is 53.7 Å². The molecule has 2 aliphatic rings. The van der Waals surface area contributed by atoms with Gasteiger partial charge in [-0.1, -0.05) is 64.2 Å². The summed E-state index contributed by atoms with van der Waals surface area (Å²) in [7, 11) is 1.60. The molecule has 0 aromatic heterocycles. The van der Waals surface area contributed by atoms with Gasteiger partial charge < -0.3 is 10.1 Å². The van der Waals surface area contributed by atoms with Crippen molar-refractivity contribution in [3.63, 3.8) is 0 Å². The lowest BCUT2D eigenvalue weighted by Gasteiger charge is -2.17. The summed E-state index contributed by atoms with van der Waals surface area (Å²) in [5, 5.41) is 2.81. The zero-order valence-corrected chi connectivity index (χ0v) is 20.9. The lowest BCUT2D eigenvalue weighted by Crippen LogP contribution is -2.35. The highest BCUT2D eigenvalue weighted by atomic mass is 79.9. The van der Waals surface area contributed by atoms with Gasteiger partial charge in [0, 0.05) is 36.0 Å². The molecule has 3 amide bonds. The van der Waals surface area contributed by atoms with E-state index < -0.39 is 5.91 Å². The van der Waals surface area contributed by atoms with Crippen LogP contribution in [-0.2, 0) is 19.1 Å². The van der Waals surface area contributed by atoms with Gasteiger partial charge in [0.05, 0.1) is 16.2 Å². The Labute approximate surface area is 209 Å². The Morgan fingerprint density at radius 1 is 1.12 bits per heavy atom. The number of hydrogen-bond donors (Lipinski definition) is 1. The van der Waals surface area contributed by atoms with Gasteiger partial charge in [-0.05, 0) is 30.7 Å². The van der Waals surface area contributed by atoms with Crippen molar-refractivity contribution in [3.8, 4) is 0 Å². The summed E-state index contributed by atoms with van der Waals surface area (Å²) in [6, 6.07) is 14.4. The SMILES string of the molecule is COCCCN1C(=O)C(=C2C(=O)N(CC(=O)Nc3cccc(Br)c3)c3ccccc32)SC1=S. The number of carbonyl (C=O) groups excluding carboxylic acids is 3. The van der Waals surface area contributed by atoms with Crippen molar-refractivity contribution in [3.05, 3.63) is 63.5 Å². The first-order valence-electron chi connectivity index (χ1n) is 10.1. The molecule has 7 nitrogen and oxygen atoms in total. The van der Waals surface area contributed by atoms with Gasteiger partial charge in [0.25, 0.3) is 11.8 Å². The standard InChI is InChI=1S/C23H20BrN3O4S2/c1-31-11-5-10-26-22(30)20(33-23(26)32)19-16-8-2-3-9-17(16)27(21(19)29)13-18(28)25-15-7-4-6-14(24)12-15/h2-4,6-9,12H,5,10-11,13H2,1H3,(H,25,28). The summed E-state index contributed by atoms with van der Waals surface area (Å²) in [5.74, 6) is -1.03. The van der Waals surface area contributed by atoms with E-state index >= 15 is 0 Å². The van der Waals surface area contributed by atoms with Crippen molar-refractivity contribution in [2.75, 3.05) is 37.0 Å². The monoisotopic (exact) mass is 545 g/mol. The molecule has 2 aliphatic heterocycles. The molecule has 4 rings (SSSR count). The highest BCUT2D eigenvalue weighted by molar-refractivity contribution is 9.10. The summed E-state index contributed by atoms with van der Waals surface area (Å²) in [5.41, 5.74) is 2.11. The number of anilines is 2. The van der Waals surface area contributed by atoms with Crippen LogP contribution in [0.2, 0.25) is 0 Å². The predicted octanol–water partition coefficient (Wildman–Crippen LogP) is 4.04. The summed E-state index contributed by atoms with van der Waals surface area (Å²) in [4.78, 5) is 42.5. The summed E-state index contributed by atoms with van der Waals surface area (Å²) in [6.45, 7) is 0.746. The van der Waals surface area contributed by atoms with Gasteiger partial charge >= 0.3 is 0 Å². The molecular weight excluding hydrogens is 526 g/mol. The van der Waals surface area contributed by atoms with E-state index in [1.807, 2.05) is 12.1 Å². The van der Waals surface area contributed by atoms with E-state index in [0.29, 0.717) is 45.7 Å². The van der Waals surface area contributed by atoms with Gasteiger partial charge in [0.1, 0.15) is 10.9 Å². The number of para-hydroxylation sites is 1. The lowest BCUT2D eigenvalue weighted by atomic mass is 10.1. The smallest absolute Gasteiger partial charge is 0.267 e. The van der Waals surface area contributed by atoms with Gasteiger partial charge in [-0.15, -0.1) is 0 Å². The third-order valence-corrected chi connectivity index (χ3v) is 7.08. The number of rotatable bonds is 7. The number of carbonyl (C=O) groups is 3. The number of halogens is 1. The molecule has 1 fully saturated rings. The second kappa shape index (κ2) is 10.2. The highest BCUT2D eigenvalue weighted by Crippen LogP contribution is 2.44. The maximum absolute atomic E-state index is 13.4. The molecule has 33 heavy (non-hydrogen) atoms. The minimum absolute atomic E-state index is 0.181. The zero-order chi connectivity index (χ0) is 23.5. The first kappa shape index (κ1) is 23.6. The number of nitrogens with zero attached hydrogens (tertiary/aromatic N) is 2. The molecule has 0 aliphatic carbocycles. The number of thiocarbonyl (C=S) groups is 1. The molecule has 2 heterocycles. The Hall–Kier alpha value is -2.53. The molecule has 10 heteroatoms. The second-order valence-corrected chi connectivity index (χ2v) is 9.90.